The van der Waals surface area contributed by atoms with Gasteiger partial charge in [-0.3, -0.25) is 0 Å². The van der Waals surface area contributed by atoms with Crippen LogP contribution < -0.4 is 0 Å². The van der Waals surface area contributed by atoms with Crippen LogP contribution in [-0.4, -0.2) is 14.6 Å². The van der Waals surface area contributed by atoms with Crippen LogP contribution in [0.1, 0.15) is 63.5 Å². The molecular formula is C14H21N3. The van der Waals surface area contributed by atoms with Crippen molar-refractivity contribution in [1.29, 1.82) is 0 Å². The molecule has 0 aliphatic heterocycles. The fourth-order valence-corrected chi connectivity index (χ4v) is 2.07. The van der Waals surface area contributed by atoms with E-state index in [4.69, 9.17) is 0 Å². The van der Waals surface area contributed by atoms with Gasteiger partial charge in [-0.25, -0.2) is 9.50 Å². The van der Waals surface area contributed by atoms with Crippen molar-refractivity contribution in [2.45, 2.75) is 52.9 Å². The van der Waals surface area contributed by atoms with Gasteiger partial charge in [-0.15, -0.1) is 0 Å². The van der Waals surface area contributed by atoms with Crippen LogP contribution in [0.3, 0.4) is 0 Å². The molecule has 0 radical (unpaired) electrons. The summed E-state index contributed by atoms with van der Waals surface area (Å²) in [5.74, 6) is 1.80. The second-order valence-corrected chi connectivity index (χ2v) is 5.17. The maximum absolute atomic E-state index is 4.65. The van der Waals surface area contributed by atoms with Gasteiger partial charge in [0.15, 0.2) is 5.82 Å². The molecular weight excluding hydrogens is 210 g/mol. The monoisotopic (exact) mass is 231 g/mol. The van der Waals surface area contributed by atoms with E-state index in [2.05, 4.69) is 55.3 Å². The van der Waals surface area contributed by atoms with E-state index < -0.39 is 0 Å². The summed E-state index contributed by atoms with van der Waals surface area (Å²) >= 11 is 0. The van der Waals surface area contributed by atoms with Gasteiger partial charge in [0.25, 0.3) is 0 Å². The number of rotatable bonds is 3. The molecule has 17 heavy (non-hydrogen) atoms. The van der Waals surface area contributed by atoms with Crippen LogP contribution >= 0.6 is 0 Å². The lowest BCUT2D eigenvalue weighted by Gasteiger charge is -2.06. The highest BCUT2D eigenvalue weighted by Gasteiger charge is 2.13. The third-order valence-electron chi connectivity index (χ3n) is 3.14. The zero-order valence-corrected chi connectivity index (χ0v) is 11.4. The molecule has 2 aromatic rings. The zero-order chi connectivity index (χ0) is 12.6. The normalized spacial score (nSPS) is 11.9. The van der Waals surface area contributed by atoms with Crippen molar-refractivity contribution in [3.8, 4) is 0 Å². The second kappa shape index (κ2) is 4.47. The SMILES string of the molecule is CCc1cc(C(C)C)c2cnc(C(C)C)nn12. The summed E-state index contributed by atoms with van der Waals surface area (Å²) in [5.41, 5.74) is 3.77. The van der Waals surface area contributed by atoms with Crippen LogP contribution in [0.15, 0.2) is 12.3 Å². The molecule has 2 rings (SSSR count). The Bertz CT molecular complexity index is 523. The summed E-state index contributed by atoms with van der Waals surface area (Å²) in [6.45, 7) is 10.8. The summed E-state index contributed by atoms with van der Waals surface area (Å²) in [6, 6.07) is 2.26. The van der Waals surface area contributed by atoms with Crippen molar-refractivity contribution in [1.82, 2.24) is 14.6 Å². The molecule has 0 atom stereocenters. The lowest BCUT2D eigenvalue weighted by atomic mass is 10.1. The summed E-state index contributed by atoms with van der Waals surface area (Å²) in [5, 5.41) is 4.65. The van der Waals surface area contributed by atoms with Crippen molar-refractivity contribution < 1.29 is 0 Å². The molecule has 3 nitrogen and oxygen atoms in total. The molecule has 0 saturated carbocycles. The van der Waals surface area contributed by atoms with Gasteiger partial charge in [0.05, 0.1) is 11.7 Å². The molecule has 0 amide bonds. The fourth-order valence-electron chi connectivity index (χ4n) is 2.07. The van der Waals surface area contributed by atoms with Gasteiger partial charge < -0.3 is 0 Å². The Morgan fingerprint density at radius 3 is 2.41 bits per heavy atom. The first-order valence-electron chi connectivity index (χ1n) is 6.42. The van der Waals surface area contributed by atoms with Crippen molar-refractivity contribution in [3.63, 3.8) is 0 Å². The van der Waals surface area contributed by atoms with Gasteiger partial charge in [0.2, 0.25) is 0 Å². The van der Waals surface area contributed by atoms with E-state index in [0.29, 0.717) is 11.8 Å². The fraction of sp³-hybridized carbons (Fsp3) is 0.571. The van der Waals surface area contributed by atoms with Gasteiger partial charge in [0.1, 0.15) is 0 Å². The smallest absolute Gasteiger partial charge is 0.151 e. The number of aryl methyl sites for hydroxylation is 1. The predicted octanol–water partition coefficient (Wildman–Crippen LogP) is 3.54. The molecule has 0 N–H and O–H groups in total. The number of aromatic nitrogens is 3. The van der Waals surface area contributed by atoms with Crippen molar-refractivity contribution in [2.24, 2.45) is 0 Å². The Labute approximate surface area is 103 Å². The third-order valence-corrected chi connectivity index (χ3v) is 3.14. The minimum atomic E-state index is 0.369. The van der Waals surface area contributed by atoms with E-state index in [0.717, 1.165) is 17.8 Å². The Morgan fingerprint density at radius 1 is 1.18 bits per heavy atom. The maximum atomic E-state index is 4.65. The van der Waals surface area contributed by atoms with Crippen LogP contribution in [0.2, 0.25) is 0 Å². The number of nitrogens with zero attached hydrogens (tertiary/aromatic N) is 3. The Kier molecular flexibility index (Phi) is 3.18. The van der Waals surface area contributed by atoms with Crippen LogP contribution in [0.5, 0.6) is 0 Å². The number of hydrogen-bond donors (Lipinski definition) is 0. The van der Waals surface area contributed by atoms with Gasteiger partial charge in [-0.2, -0.15) is 5.10 Å². The predicted molar refractivity (Wildman–Crippen MR) is 70.5 cm³/mol. The lowest BCUT2D eigenvalue weighted by molar-refractivity contribution is 0.704. The van der Waals surface area contributed by atoms with Crippen LogP contribution in [0.25, 0.3) is 5.52 Å². The average Bonchev–Trinajstić information content (AvgIpc) is 2.66. The summed E-state index contributed by atoms with van der Waals surface area (Å²) in [7, 11) is 0. The first-order valence-corrected chi connectivity index (χ1v) is 6.42. The van der Waals surface area contributed by atoms with Crippen LogP contribution in [0, 0.1) is 0 Å². The highest BCUT2D eigenvalue weighted by Crippen LogP contribution is 2.24. The van der Waals surface area contributed by atoms with E-state index in [-0.39, 0.29) is 0 Å². The molecule has 0 bridgehead atoms. The molecule has 2 heterocycles. The molecule has 0 aliphatic rings. The summed E-state index contributed by atoms with van der Waals surface area (Å²) in [4.78, 5) is 4.47. The first kappa shape index (κ1) is 12.1. The van der Waals surface area contributed by atoms with Gasteiger partial charge in [-0.05, 0) is 24.0 Å². The van der Waals surface area contributed by atoms with E-state index in [1.165, 1.54) is 11.3 Å². The minimum absolute atomic E-state index is 0.369. The Hall–Kier alpha value is -1.38. The molecule has 0 unspecified atom stereocenters. The van der Waals surface area contributed by atoms with Gasteiger partial charge in [0, 0.05) is 11.6 Å². The van der Waals surface area contributed by atoms with Crippen LogP contribution in [0.4, 0.5) is 0 Å². The average molecular weight is 231 g/mol. The standard InChI is InChI=1S/C14H21N3/c1-6-11-7-12(9(2)3)13-8-15-14(10(4)5)16-17(11)13/h7-10H,6H2,1-5H3. The third kappa shape index (κ3) is 2.06. The highest BCUT2D eigenvalue weighted by atomic mass is 15.3. The van der Waals surface area contributed by atoms with E-state index >= 15 is 0 Å². The van der Waals surface area contributed by atoms with E-state index in [1.807, 2.05) is 6.20 Å². The quantitative estimate of drug-likeness (QED) is 0.808. The Morgan fingerprint density at radius 2 is 1.88 bits per heavy atom. The number of hydrogen-bond acceptors (Lipinski definition) is 2. The van der Waals surface area contributed by atoms with Crippen LogP contribution in [-0.2, 0) is 6.42 Å². The maximum Gasteiger partial charge on any atom is 0.151 e. The Balaban J connectivity index is 2.68. The lowest BCUT2D eigenvalue weighted by Crippen LogP contribution is -2.05. The molecule has 0 spiro atoms. The molecule has 0 fully saturated rings. The molecule has 2 aromatic heterocycles. The second-order valence-electron chi connectivity index (χ2n) is 5.17. The molecule has 92 valence electrons. The highest BCUT2D eigenvalue weighted by molar-refractivity contribution is 5.56. The minimum Gasteiger partial charge on any atom is -0.237 e. The molecule has 0 saturated heterocycles. The van der Waals surface area contributed by atoms with Gasteiger partial charge in [-0.1, -0.05) is 34.6 Å². The number of fused-ring (bicyclic) bond motifs is 1. The van der Waals surface area contributed by atoms with E-state index in [9.17, 15) is 0 Å². The van der Waals surface area contributed by atoms with E-state index in [1.54, 1.807) is 0 Å². The molecule has 0 aromatic carbocycles. The summed E-state index contributed by atoms with van der Waals surface area (Å²) < 4.78 is 2.07. The van der Waals surface area contributed by atoms with Crippen molar-refractivity contribution in [3.05, 3.63) is 29.3 Å². The summed E-state index contributed by atoms with van der Waals surface area (Å²) in [6.07, 6.45) is 2.97. The topological polar surface area (TPSA) is 30.2 Å². The molecule has 3 heteroatoms. The largest absolute Gasteiger partial charge is 0.237 e. The van der Waals surface area contributed by atoms with Gasteiger partial charge >= 0.3 is 0 Å². The van der Waals surface area contributed by atoms with Crippen molar-refractivity contribution in [2.75, 3.05) is 0 Å². The zero-order valence-electron chi connectivity index (χ0n) is 11.4. The molecule has 0 aliphatic carbocycles. The first-order chi connectivity index (χ1) is 8.04. The van der Waals surface area contributed by atoms with Crippen molar-refractivity contribution >= 4 is 5.52 Å².